The molecule has 0 bridgehead atoms. The molecule has 3 atom stereocenters. The van der Waals surface area contributed by atoms with E-state index in [1.54, 1.807) is 0 Å². The highest BCUT2D eigenvalue weighted by Crippen LogP contribution is 2.12. The van der Waals surface area contributed by atoms with Crippen molar-refractivity contribution in [3.63, 3.8) is 0 Å². The Hall–Kier alpha value is 0.190. The summed E-state index contributed by atoms with van der Waals surface area (Å²) in [4.78, 5) is 0. The molecule has 1 saturated heterocycles. The molecule has 0 aliphatic carbocycles. The highest BCUT2D eigenvalue weighted by Gasteiger charge is 2.33. The van der Waals surface area contributed by atoms with Gasteiger partial charge in [0, 0.05) is 0 Å². The molecule has 0 spiro atoms. The first-order valence-electron chi connectivity index (χ1n) is 2.84. The standard InChI is InChI=1S/C5H10O4.H2S/c6-1-4-5(8)3(7)2-9-4;/h3-8H,1-2H2;1H2/t3-,4+,5-;/m0./s1. The van der Waals surface area contributed by atoms with Crippen LogP contribution in [0.25, 0.3) is 0 Å². The zero-order chi connectivity index (χ0) is 6.85. The second-order valence-corrected chi connectivity index (χ2v) is 2.11. The number of hydrogen-bond acceptors (Lipinski definition) is 4. The van der Waals surface area contributed by atoms with Gasteiger partial charge in [0.15, 0.2) is 0 Å². The van der Waals surface area contributed by atoms with Crippen LogP contribution in [0.2, 0.25) is 0 Å². The Kier molecular flexibility index (Phi) is 4.23. The van der Waals surface area contributed by atoms with E-state index in [-0.39, 0.29) is 26.7 Å². The smallest absolute Gasteiger partial charge is 0.110 e. The average molecular weight is 168 g/mol. The van der Waals surface area contributed by atoms with E-state index in [4.69, 9.17) is 20.1 Å². The normalized spacial score (nSPS) is 39.3. The predicted octanol–water partition coefficient (Wildman–Crippen LogP) is -1.79. The van der Waals surface area contributed by atoms with Gasteiger partial charge in [-0.3, -0.25) is 0 Å². The summed E-state index contributed by atoms with van der Waals surface area (Å²) < 4.78 is 4.78. The molecule has 1 heterocycles. The Balaban J connectivity index is 0.000000810. The van der Waals surface area contributed by atoms with E-state index in [0.717, 1.165) is 0 Å². The number of ether oxygens (including phenoxy) is 1. The minimum atomic E-state index is -0.921. The molecule has 5 heteroatoms. The van der Waals surface area contributed by atoms with Crippen LogP contribution in [0.4, 0.5) is 0 Å². The van der Waals surface area contributed by atoms with Crippen LogP contribution < -0.4 is 0 Å². The number of hydrogen-bond donors (Lipinski definition) is 3. The molecule has 1 fully saturated rings. The summed E-state index contributed by atoms with van der Waals surface area (Å²) in [6.07, 6.45) is -2.35. The number of aliphatic hydroxyl groups excluding tert-OH is 3. The Morgan fingerprint density at radius 1 is 1.40 bits per heavy atom. The first-order valence-corrected chi connectivity index (χ1v) is 2.84. The third-order valence-electron chi connectivity index (χ3n) is 1.44. The van der Waals surface area contributed by atoms with Crippen molar-refractivity contribution in [2.75, 3.05) is 13.2 Å². The second-order valence-electron chi connectivity index (χ2n) is 2.11. The molecule has 0 aromatic rings. The van der Waals surface area contributed by atoms with Crippen LogP contribution in [0, 0.1) is 0 Å². The Morgan fingerprint density at radius 3 is 2.20 bits per heavy atom. The van der Waals surface area contributed by atoms with Gasteiger partial charge in [0.05, 0.1) is 13.2 Å². The van der Waals surface area contributed by atoms with Gasteiger partial charge in [0.2, 0.25) is 0 Å². The number of rotatable bonds is 1. The lowest BCUT2D eigenvalue weighted by atomic mass is 10.2. The molecule has 10 heavy (non-hydrogen) atoms. The maximum absolute atomic E-state index is 8.92. The Labute approximate surface area is 65.9 Å². The largest absolute Gasteiger partial charge is 0.394 e. The SMILES string of the molecule is OC[C@H]1OC[C@H](O)[C@@H]1O.S. The van der Waals surface area contributed by atoms with Crippen LogP contribution >= 0.6 is 13.5 Å². The molecule has 0 radical (unpaired) electrons. The summed E-state index contributed by atoms with van der Waals surface area (Å²) in [5, 5.41) is 26.2. The fourth-order valence-corrected chi connectivity index (χ4v) is 0.828. The Morgan fingerprint density at radius 2 is 2.00 bits per heavy atom. The lowest BCUT2D eigenvalue weighted by Crippen LogP contribution is -2.31. The summed E-state index contributed by atoms with van der Waals surface area (Å²) in [7, 11) is 0. The monoisotopic (exact) mass is 168 g/mol. The molecular formula is C5H12O4S. The first kappa shape index (κ1) is 10.2. The fraction of sp³-hybridized carbons (Fsp3) is 1.00. The minimum Gasteiger partial charge on any atom is -0.394 e. The summed E-state index contributed by atoms with van der Waals surface area (Å²) >= 11 is 0. The van der Waals surface area contributed by atoms with Gasteiger partial charge in [0.25, 0.3) is 0 Å². The van der Waals surface area contributed by atoms with E-state index in [9.17, 15) is 0 Å². The molecule has 62 valence electrons. The quantitative estimate of drug-likeness (QED) is 0.432. The molecule has 0 saturated carbocycles. The third-order valence-corrected chi connectivity index (χ3v) is 1.44. The van der Waals surface area contributed by atoms with Gasteiger partial charge in [-0.15, -0.1) is 0 Å². The van der Waals surface area contributed by atoms with Crippen LogP contribution in [0.5, 0.6) is 0 Å². The van der Waals surface area contributed by atoms with E-state index in [1.165, 1.54) is 0 Å². The van der Waals surface area contributed by atoms with Crippen LogP contribution in [-0.2, 0) is 4.74 Å². The molecule has 1 aliphatic rings. The van der Waals surface area contributed by atoms with Crippen molar-refractivity contribution in [2.24, 2.45) is 0 Å². The molecule has 0 aromatic heterocycles. The molecule has 0 unspecified atom stereocenters. The predicted molar refractivity (Wildman–Crippen MR) is 39.2 cm³/mol. The molecule has 3 N–H and O–H groups in total. The highest BCUT2D eigenvalue weighted by atomic mass is 32.1. The van der Waals surface area contributed by atoms with E-state index < -0.39 is 18.3 Å². The van der Waals surface area contributed by atoms with Crippen LogP contribution in [0.15, 0.2) is 0 Å². The number of aliphatic hydroxyl groups is 3. The first-order chi connectivity index (χ1) is 4.25. The van der Waals surface area contributed by atoms with Crippen LogP contribution in [0.1, 0.15) is 0 Å². The average Bonchev–Trinajstić information content (AvgIpc) is 2.15. The highest BCUT2D eigenvalue weighted by molar-refractivity contribution is 7.59. The van der Waals surface area contributed by atoms with Gasteiger partial charge in [0.1, 0.15) is 18.3 Å². The summed E-state index contributed by atoms with van der Waals surface area (Å²) in [5.41, 5.74) is 0. The van der Waals surface area contributed by atoms with E-state index in [1.807, 2.05) is 0 Å². The lowest BCUT2D eigenvalue weighted by Gasteiger charge is -2.10. The van der Waals surface area contributed by atoms with Crippen molar-refractivity contribution in [3.05, 3.63) is 0 Å². The zero-order valence-corrected chi connectivity index (χ0v) is 6.40. The summed E-state index contributed by atoms with van der Waals surface area (Å²) in [6, 6.07) is 0. The van der Waals surface area contributed by atoms with Gasteiger partial charge in [-0.2, -0.15) is 13.5 Å². The summed E-state index contributed by atoms with van der Waals surface area (Å²) in [6.45, 7) is -0.120. The molecule has 4 nitrogen and oxygen atoms in total. The van der Waals surface area contributed by atoms with Crippen LogP contribution in [0.3, 0.4) is 0 Å². The van der Waals surface area contributed by atoms with Crippen molar-refractivity contribution in [1.29, 1.82) is 0 Å². The third kappa shape index (κ3) is 1.83. The molecule has 0 amide bonds. The zero-order valence-electron chi connectivity index (χ0n) is 5.40. The topological polar surface area (TPSA) is 69.9 Å². The van der Waals surface area contributed by atoms with E-state index in [2.05, 4.69) is 0 Å². The van der Waals surface area contributed by atoms with Crippen molar-refractivity contribution in [1.82, 2.24) is 0 Å². The van der Waals surface area contributed by atoms with Gasteiger partial charge in [-0.25, -0.2) is 0 Å². The van der Waals surface area contributed by atoms with Crippen molar-refractivity contribution < 1.29 is 20.1 Å². The van der Waals surface area contributed by atoms with Crippen molar-refractivity contribution in [2.45, 2.75) is 18.3 Å². The maximum atomic E-state index is 8.92. The fourth-order valence-electron chi connectivity index (χ4n) is 0.828. The molecule has 0 aromatic carbocycles. The van der Waals surface area contributed by atoms with E-state index in [0.29, 0.717) is 0 Å². The van der Waals surface area contributed by atoms with Crippen molar-refractivity contribution >= 4 is 13.5 Å². The molecular weight excluding hydrogens is 156 g/mol. The molecule has 1 aliphatic heterocycles. The second kappa shape index (κ2) is 4.15. The Bertz CT molecular complexity index is 99.6. The summed E-state index contributed by atoms with van der Waals surface area (Å²) in [5.74, 6) is 0. The minimum absolute atomic E-state index is 0. The van der Waals surface area contributed by atoms with Crippen molar-refractivity contribution in [3.8, 4) is 0 Å². The van der Waals surface area contributed by atoms with Gasteiger partial charge < -0.3 is 20.1 Å². The van der Waals surface area contributed by atoms with E-state index >= 15 is 0 Å². The van der Waals surface area contributed by atoms with Crippen LogP contribution in [-0.4, -0.2) is 46.8 Å². The van der Waals surface area contributed by atoms with Gasteiger partial charge in [-0.05, 0) is 0 Å². The molecule has 1 rings (SSSR count). The lowest BCUT2D eigenvalue weighted by molar-refractivity contribution is -0.00588. The van der Waals surface area contributed by atoms with Gasteiger partial charge >= 0.3 is 0 Å². The van der Waals surface area contributed by atoms with Gasteiger partial charge in [-0.1, -0.05) is 0 Å². The maximum Gasteiger partial charge on any atom is 0.110 e.